The number of carbonyl (C=O) groups is 3. The summed E-state index contributed by atoms with van der Waals surface area (Å²) in [6, 6.07) is -1.37. The van der Waals surface area contributed by atoms with E-state index in [1.807, 2.05) is 5.32 Å². The fourth-order valence-electron chi connectivity index (χ4n) is 0.851. The Morgan fingerprint density at radius 2 is 1.82 bits per heavy atom. The van der Waals surface area contributed by atoms with E-state index in [1.165, 1.54) is 0 Å². The van der Waals surface area contributed by atoms with E-state index in [4.69, 9.17) is 15.6 Å². The zero-order valence-electron chi connectivity index (χ0n) is 9.94. The number of primary amides is 1. The molecule has 0 heterocycles. The average molecular weight is 250 g/mol. The van der Waals surface area contributed by atoms with Crippen molar-refractivity contribution in [2.24, 2.45) is 5.73 Å². The molecule has 0 radical (unpaired) electrons. The third-order valence-electron chi connectivity index (χ3n) is 1.39. The van der Waals surface area contributed by atoms with Crippen molar-refractivity contribution in [3.05, 3.63) is 0 Å². The van der Waals surface area contributed by atoms with Crippen LogP contribution in [0.3, 0.4) is 0 Å². The molecule has 0 aromatic carbocycles. The molecule has 6 N–H and O–H groups in total. The number of rotatable bonds is 4. The van der Waals surface area contributed by atoms with Crippen molar-refractivity contribution in [3.8, 4) is 0 Å². The van der Waals surface area contributed by atoms with E-state index in [0.717, 1.165) is 0 Å². The first-order valence-electron chi connectivity index (χ1n) is 4.62. The first-order chi connectivity index (χ1) is 7.11. The molecule has 17 heavy (non-hydrogen) atoms. The van der Waals surface area contributed by atoms with Crippen LogP contribution in [0.4, 0.5) is 4.79 Å². The van der Waals surface area contributed by atoms with Crippen LogP contribution < -0.4 is 11.1 Å². The van der Waals surface area contributed by atoms with Crippen molar-refractivity contribution in [2.45, 2.75) is 38.8 Å². The van der Waals surface area contributed by atoms with Gasteiger partial charge in [-0.25, -0.2) is 9.59 Å². The second kappa shape index (κ2) is 6.69. The topological polar surface area (TPSA) is 150 Å². The van der Waals surface area contributed by atoms with Crippen molar-refractivity contribution in [2.75, 3.05) is 0 Å². The highest BCUT2D eigenvalue weighted by Gasteiger charge is 2.25. The summed E-state index contributed by atoms with van der Waals surface area (Å²) in [5.74, 6) is -2.16. The molecule has 0 spiro atoms. The van der Waals surface area contributed by atoms with Gasteiger partial charge in [0.25, 0.3) is 0 Å². The Labute approximate surface area is 98.4 Å². The van der Waals surface area contributed by atoms with Gasteiger partial charge in [-0.05, 0) is 20.8 Å². The highest BCUT2D eigenvalue weighted by molar-refractivity contribution is 5.86. The number of nitrogens with one attached hydrogen (secondary N) is 1. The maximum absolute atomic E-state index is 11.2. The van der Waals surface area contributed by atoms with E-state index in [9.17, 15) is 14.4 Å². The summed E-state index contributed by atoms with van der Waals surface area (Å²) in [6.07, 6.45) is -1.38. The molecule has 1 atom stereocenters. The minimum Gasteiger partial charge on any atom is -0.480 e. The lowest BCUT2D eigenvalue weighted by Crippen LogP contribution is -2.45. The highest BCUT2D eigenvalue weighted by Crippen LogP contribution is 2.07. The molecule has 0 fully saturated rings. The molecule has 0 aliphatic rings. The molecule has 0 saturated heterocycles. The Morgan fingerprint density at radius 3 is 2.12 bits per heavy atom. The Morgan fingerprint density at radius 1 is 1.35 bits per heavy atom. The molecule has 100 valence electrons. The molecular weight excluding hydrogens is 232 g/mol. The van der Waals surface area contributed by atoms with Crippen LogP contribution in [0.5, 0.6) is 0 Å². The molecule has 0 aromatic heterocycles. The SMILES string of the molecule is CC(C)(C)OC(=O)N[C@@H](CC(N)=O)C(=O)O.O. The van der Waals surface area contributed by atoms with E-state index in [2.05, 4.69) is 0 Å². The Hall–Kier alpha value is -1.83. The number of nitrogens with two attached hydrogens (primary N) is 1. The summed E-state index contributed by atoms with van der Waals surface area (Å²) in [4.78, 5) is 32.4. The molecule has 0 unspecified atom stereocenters. The summed E-state index contributed by atoms with van der Waals surface area (Å²) in [5.41, 5.74) is 4.10. The van der Waals surface area contributed by atoms with Crippen LogP contribution >= 0.6 is 0 Å². The van der Waals surface area contributed by atoms with E-state index < -0.39 is 36.0 Å². The summed E-state index contributed by atoms with van der Waals surface area (Å²) < 4.78 is 4.83. The minimum atomic E-state index is -1.37. The Bertz CT molecular complexity index is 296. The van der Waals surface area contributed by atoms with Gasteiger partial charge in [0.15, 0.2) is 0 Å². The number of alkyl carbamates (subject to hydrolysis) is 1. The van der Waals surface area contributed by atoms with E-state index in [-0.39, 0.29) is 5.48 Å². The smallest absolute Gasteiger partial charge is 0.408 e. The number of carboxylic acids is 1. The quantitative estimate of drug-likeness (QED) is 0.585. The number of carbonyl (C=O) groups excluding carboxylic acids is 2. The van der Waals surface area contributed by atoms with Crippen LogP contribution in [0.1, 0.15) is 27.2 Å². The zero-order chi connectivity index (χ0) is 12.9. The predicted octanol–water partition coefficient (Wildman–Crippen LogP) is -0.985. The number of amides is 2. The van der Waals surface area contributed by atoms with Crippen LogP contribution in [0, 0.1) is 0 Å². The van der Waals surface area contributed by atoms with Gasteiger partial charge >= 0.3 is 12.1 Å². The Balaban J connectivity index is 0. The van der Waals surface area contributed by atoms with Crippen molar-refractivity contribution in [1.29, 1.82) is 0 Å². The lowest BCUT2D eigenvalue weighted by molar-refractivity contribution is -0.141. The van der Waals surface area contributed by atoms with Crippen LogP contribution in [-0.4, -0.2) is 40.2 Å². The number of carboxylic acid groups (broad SMARTS) is 1. The van der Waals surface area contributed by atoms with Gasteiger partial charge in [0.1, 0.15) is 11.6 Å². The second-order valence-electron chi connectivity index (χ2n) is 4.21. The third kappa shape index (κ3) is 9.12. The number of hydrogen-bond acceptors (Lipinski definition) is 4. The molecule has 8 heteroatoms. The highest BCUT2D eigenvalue weighted by atomic mass is 16.6. The van der Waals surface area contributed by atoms with Crippen LogP contribution in [0.2, 0.25) is 0 Å². The molecule has 0 bridgehead atoms. The van der Waals surface area contributed by atoms with Gasteiger partial charge < -0.3 is 26.4 Å². The van der Waals surface area contributed by atoms with Crippen LogP contribution in [0.15, 0.2) is 0 Å². The largest absolute Gasteiger partial charge is 0.480 e. The molecular formula is C9H18N2O6. The molecule has 0 aliphatic carbocycles. The van der Waals surface area contributed by atoms with Crippen molar-refractivity contribution in [3.63, 3.8) is 0 Å². The first-order valence-corrected chi connectivity index (χ1v) is 4.62. The molecule has 2 amide bonds. The van der Waals surface area contributed by atoms with Crippen LogP contribution in [0.25, 0.3) is 0 Å². The summed E-state index contributed by atoms with van der Waals surface area (Å²) >= 11 is 0. The first kappa shape index (κ1) is 17.6. The summed E-state index contributed by atoms with van der Waals surface area (Å²) in [6.45, 7) is 4.91. The standard InChI is InChI=1S/C9H16N2O5.H2O/c1-9(2,3)16-8(15)11-5(7(13)14)4-6(10)12;/h5H,4H2,1-3H3,(H2,10,12)(H,11,15)(H,13,14);1H2/t5-;/m0./s1. The van der Waals surface area contributed by atoms with Crippen molar-refractivity contribution in [1.82, 2.24) is 5.32 Å². The van der Waals surface area contributed by atoms with Gasteiger partial charge in [-0.15, -0.1) is 0 Å². The molecule has 0 aliphatic heterocycles. The van der Waals surface area contributed by atoms with Gasteiger partial charge in [0, 0.05) is 0 Å². The predicted molar refractivity (Wildman–Crippen MR) is 58.2 cm³/mol. The number of hydrogen-bond donors (Lipinski definition) is 3. The second-order valence-corrected chi connectivity index (χ2v) is 4.21. The number of ether oxygens (including phenoxy) is 1. The van der Waals surface area contributed by atoms with Gasteiger partial charge in [-0.3, -0.25) is 4.79 Å². The van der Waals surface area contributed by atoms with Gasteiger partial charge in [-0.1, -0.05) is 0 Å². The molecule has 0 saturated carbocycles. The van der Waals surface area contributed by atoms with Gasteiger partial charge in [0.05, 0.1) is 6.42 Å². The summed E-state index contributed by atoms with van der Waals surface area (Å²) in [5, 5.41) is 10.7. The molecule has 8 nitrogen and oxygen atoms in total. The maximum Gasteiger partial charge on any atom is 0.408 e. The maximum atomic E-state index is 11.2. The lowest BCUT2D eigenvalue weighted by Gasteiger charge is -2.21. The summed E-state index contributed by atoms with van der Waals surface area (Å²) in [7, 11) is 0. The molecule has 0 rings (SSSR count). The monoisotopic (exact) mass is 250 g/mol. The van der Waals surface area contributed by atoms with E-state index in [0.29, 0.717) is 0 Å². The lowest BCUT2D eigenvalue weighted by atomic mass is 10.2. The van der Waals surface area contributed by atoms with Gasteiger partial charge in [-0.2, -0.15) is 0 Å². The fourth-order valence-corrected chi connectivity index (χ4v) is 0.851. The normalized spacial score (nSPS) is 11.9. The van der Waals surface area contributed by atoms with Crippen molar-refractivity contribution < 1.29 is 29.7 Å². The van der Waals surface area contributed by atoms with E-state index >= 15 is 0 Å². The molecule has 0 aromatic rings. The average Bonchev–Trinajstić information content (AvgIpc) is 1.97. The minimum absolute atomic E-state index is 0. The number of aliphatic carboxylic acids is 1. The van der Waals surface area contributed by atoms with Crippen LogP contribution in [-0.2, 0) is 14.3 Å². The fraction of sp³-hybridized carbons (Fsp3) is 0.667. The Kier molecular flexibility index (Phi) is 6.91. The van der Waals surface area contributed by atoms with Gasteiger partial charge in [0.2, 0.25) is 5.91 Å². The third-order valence-corrected chi connectivity index (χ3v) is 1.39. The van der Waals surface area contributed by atoms with Crippen molar-refractivity contribution >= 4 is 18.0 Å². The van der Waals surface area contributed by atoms with E-state index in [1.54, 1.807) is 20.8 Å². The zero-order valence-corrected chi connectivity index (χ0v) is 9.94.